The number of methoxy groups -OCH3 is 1. The summed E-state index contributed by atoms with van der Waals surface area (Å²) in [5, 5.41) is 10.8. The van der Waals surface area contributed by atoms with E-state index in [9.17, 15) is 14.9 Å². The van der Waals surface area contributed by atoms with Gasteiger partial charge in [0, 0.05) is 22.8 Å². The fraction of sp³-hybridized carbons (Fsp3) is 0.364. The number of halogens is 1. The first-order valence-electron chi connectivity index (χ1n) is 5.10. The van der Waals surface area contributed by atoms with Gasteiger partial charge in [-0.05, 0) is 6.07 Å². The van der Waals surface area contributed by atoms with Gasteiger partial charge in [-0.1, -0.05) is 18.5 Å². The molecule has 0 heterocycles. The van der Waals surface area contributed by atoms with Gasteiger partial charge in [-0.25, -0.2) is 0 Å². The first-order chi connectivity index (χ1) is 8.45. The topological polar surface area (TPSA) is 69.4 Å². The second-order valence-electron chi connectivity index (χ2n) is 3.61. The van der Waals surface area contributed by atoms with Crippen molar-refractivity contribution in [3.63, 3.8) is 0 Å². The van der Waals surface area contributed by atoms with E-state index in [1.807, 2.05) is 0 Å². The highest BCUT2D eigenvalue weighted by molar-refractivity contribution is 7.99. The summed E-state index contributed by atoms with van der Waals surface area (Å²) in [4.78, 5) is 21.9. The number of hydrogen-bond acceptors (Lipinski definition) is 5. The molecule has 0 bridgehead atoms. The van der Waals surface area contributed by atoms with Gasteiger partial charge in [0.25, 0.3) is 5.69 Å². The van der Waals surface area contributed by atoms with Crippen LogP contribution in [0, 0.1) is 16.0 Å². The molecule has 7 heteroatoms. The van der Waals surface area contributed by atoms with E-state index >= 15 is 0 Å². The molecule has 1 aromatic carbocycles. The van der Waals surface area contributed by atoms with Crippen molar-refractivity contribution in [3.05, 3.63) is 33.3 Å². The van der Waals surface area contributed by atoms with E-state index in [4.69, 9.17) is 11.6 Å². The third kappa shape index (κ3) is 3.89. The molecule has 0 N–H and O–H groups in total. The highest BCUT2D eigenvalue weighted by atomic mass is 35.5. The molecular weight excluding hydrogens is 278 g/mol. The maximum Gasteiger partial charge on any atom is 0.309 e. The lowest BCUT2D eigenvalue weighted by atomic mass is 10.2. The van der Waals surface area contributed by atoms with Crippen molar-refractivity contribution in [2.24, 2.45) is 5.92 Å². The molecule has 18 heavy (non-hydrogen) atoms. The predicted octanol–water partition coefficient (Wildman–Crippen LogP) is 3.15. The molecule has 98 valence electrons. The normalized spacial score (nSPS) is 11.9. The molecular formula is C11H12ClNO4S. The lowest BCUT2D eigenvalue weighted by Gasteiger charge is -2.09. The van der Waals surface area contributed by atoms with Gasteiger partial charge in [0.2, 0.25) is 0 Å². The van der Waals surface area contributed by atoms with Crippen molar-refractivity contribution >= 4 is 35.0 Å². The molecule has 0 saturated heterocycles. The molecule has 0 fully saturated rings. The third-order valence-electron chi connectivity index (χ3n) is 2.22. The molecule has 0 saturated carbocycles. The molecule has 0 aliphatic heterocycles. The monoisotopic (exact) mass is 289 g/mol. The van der Waals surface area contributed by atoms with E-state index < -0.39 is 4.92 Å². The summed E-state index contributed by atoms with van der Waals surface area (Å²) >= 11 is 7.29. The van der Waals surface area contributed by atoms with E-state index in [1.165, 1.54) is 31.0 Å². The first kappa shape index (κ1) is 14.8. The summed E-state index contributed by atoms with van der Waals surface area (Å²) in [5.74, 6) is -0.0451. The number of carbonyl (C=O) groups is 1. The largest absolute Gasteiger partial charge is 0.469 e. The molecule has 0 aliphatic rings. The number of nitro benzene ring substituents is 1. The van der Waals surface area contributed by atoms with Crippen LogP contribution >= 0.6 is 23.4 Å². The molecule has 1 aromatic rings. The van der Waals surface area contributed by atoms with Gasteiger partial charge in [-0.3, -0.25) is 14.9 Å². The van der Waals surface area contributed by atoms with Crippen LogP contribution < -0.4 is 0 Å². The second-order valence-corrected chi connectivity index (χ2v) is 5.08. The number of rotatable bonds is 5. The Hall–Kier alpha value is -1.27. The van der Waals surface area contributed by atoms with Crippen molar-refractivity contribution in [3.8, 4) is 0 Å². The molecule has 0 aliphatic carbocycles. The lowest BCUT2D eigenvalue weighted by Crippen LogP contribution is -2.14. The number of nitro groups is 1. The molecule has 0 amide bonds. The van der Waals surface area contributed by atoms with Crippen LogP contribution in [-0.2, 0) is 9.53 Å². The number of carbonyl (C=O) groups excluding carboxylic acids is 1. The Morgan fingerprint density at radius 3 is 2.78 bits per heavy atom. The van der Waals surface area contributed by atoms with Crippen LogP contribution in [0.25, 0.3) is 0 Å². The maximum absolute atomic E-state index is 11.2. The Morgan fingerprint density at radius 2 is 2.28 bits per heavy atom. The Bertz CT molecular complexity index is 466. The van der Waals surface area contributed by atoms with Crippen molar-refractivity contribution in [2.45, 2.75) is 11.8 Å². The SMILES string of the molecule is COC(=O)C(C)CSc1ccc([N+](=O)[O-])cc1Cl. The van der Waals surface area contributed by atoms with Crippen LogP contribution in [0.3, 0.4) is 0 Å². The van der Waals surface area contributed by atoms with Crippen molar-refractivity contribution in [1.82, 2.24) is 0 Å². The number of esters is 1. The Balaban J connectivity index is 2.69. The zero-order chi connectivity index (χ0) is 13.7. The van der Waals surface area contributed by atoms with Crippen LogP contribution in [0.1, 0.15) is 6.92 Å². The number of thioether (sulfide) groups is 1. The van der Waals surface area contributed by atoms with Crippen molar-refractivity contribution in [2.75, 3.05) is 12.9 Å². The molecule has 0 radical (unpaired) electrons. The van der Waals surface area contributed by atoms with E-state index in [0.717, 1.165) is 0 Å². The quantitative estimate of drug-likeness (QED) is 0.360. The number of hydrogen-bond donors (Lipinski definition) is 0. The van der Waals surface area contributed by atoms with Gasteiger partial charge in [0.15, 0.2) is 0 Å². The van der Waals surface area contributed by atoms with E-state index in [2.05, 4.69) is 4.74 Å². The van der Waals surface area contributed by atoms with Crippen LogP contribution in [0.2, 0.25) is 5.02 Å². The predicted molar refractivity (Wildman–Crippen MR) is 70.0 cm³/mol. The lowest BCUT2D eigenvalue weighted by molar-refractivity contribution is -0.384. The molecule has 5 nitrogen and oxygen atoms in total. The van der Waals surface area contributed by atoms with Gasteiger partial charge in [-0.15, -0.1) is 11.8 Å². The summed E-state index contributed by atoms with van der Waals surface area (Å²) in [6.07, 6.45) is 0. The molecule has 1 atom stereocenters. The number of ether oxygens (including phenoxy) is 1. The third-order valence-corrected chi connectivity index (χ3v) is 3.98. The minimum Gasteiger partial charge on any atom is -0.469 e. The van der Waals surface area contributed by atoms with E-state index in [0.29, 0.717) is 15.7 Å². The van der Waals surface area contributed by atoms with Crippen LogP contribution in [-0.4, -0.2) is 23.8 Å². The Labute approximate surface area is 114 Å². The van der Waals surface area contributed by atoms with Gasteiger partial charge >= 0.3 is 5.97 Å². The summed E-state index contributed by atoms with van der Waals surface area (Å²) in [7, 11) is 1.34. The first-order valence-corrected chi connectivity index (χ1v) is 6.46. The highest BCUT2D eigenvalue weighted by Crippen LogP contribution is 2.31. The molecule has 1 rings (SSSR count). The average Bonchev–Trinajstić information content (AvgIpc) is 2.35. The van der Waals surface area contributed by atoms with Crippen molar-refractivity contribution < 1.29 is 14.5 Å². The molecule has 1 unspecified atom stereocenters. The fourth-order valence-electron chi connectivity index (χ4n) is 1.20. The minimum absolute atomic E-state index is 0.0506. The fourth-order valence-corrected chi connectivity index (χ4v) is 2.47. The Kier molecular flexibility index (Phi) is 5.43. The minimum atomic E-state index is -0.503. The summed E-state index contributed by atoms with van der Waals surface area (Å²) < 4.78 is 4.61. The Morgan fingerprint density at radius 1 is 1.61 bits per heavy atom. The smallest absolute Gasteiger partial charge is 0.309 e. The van der Waals surface area contributed by atoms with E-state index in [-0.39, 0.29) is 17.6 Å². The zero-order valence-electron chi connectivity index (χ0n) is 9.88. The maximum atomic E-state index is 11.2. The van der Waals surface area contributed by atoms with Gasteiger partial charge < -0.3 is 4.74 Å². The van der Waals surface area contributed by atoms with Crippen molar-refractivity contribution in [1.29, 1.82) is 0 Å². The molecule has 0 spiro atoms. The average molecular weight is 290 g/mol. The standard InChI is InChI=1S/C11H12ClNO4S/c1-7(11(14)17-2)6-18-10-4-3-8(13(15)16)5-9(10)12/h3-5,7H,6H2,1-2H3. The van der Waals surface area contributed by atoms with Crippen LogP contribution in [0.15, 0.2) is 23.1 Å². The van der Waals surface area contributed by atoms with Crippen LogP contribution in [0.5, 0.6) is 0 Å². The number of non-ortho nitro benzene ring substituents is 1. The van der Waals surface area contributed by atoms with Gasteiger partial charge in [0.05, 0.1) is 23.0 Å². The second kappa shape index (κ2) is 6.61. The van der Waals surface area contributed by atoms with Gasteiger partial charge in [0.1, 0.15) is 0 Å². The molecule has 0 aromatic heterocycles. The number of benzene rings is 1. The zero-order valence-corrected chi connectivity index (χ0v) is 11.5. The summed E-state index contributed by atoms with van der Waals surface area (Å²) in [6.45, 7) is 1.75. The number of nitrogens with zero attached hydrogens (tertiary/aromatic N) is 1. The highest BCUT2D eigenvalue weighted by Gasteiger charge is 2.15. The summed E-state index contributed by atoms with van der Waals surface area (Å²) in [6, 6.07) is 4.26. The van der Waals surface area contributed by atoms with Gasteiger partial charge in [-0.2, -0.15) is 0 Å². The summed E-state index contributed by atoms with van der Waals surface area (Å²) in [5.41, 5.74) is -0.0506. The van der Waals surface area contributed by atoms with E-state index in [1.54, 1.807) is 13.0 Å². The van der Waals surface area contributed by atoms with Crippen LogP contribution in [0.4, 0.5) is 5.69 Å².